The largest absolute Gasteiger partial charge is 0.481 e. The number of rotatable bonds is 4. The van der Waals surface area contributed by atoms with E-state index in [1.165, 1.54) is 4.90 Å². The average molecular weight is 264 g/mol. The summed E-state index contributed by atoms with van der Waals surface area (Å²) >= 11 is 0. The van der Waals surface area contributed by atoms with E-state index in [9.17, 15) is 9.59 Å². The fraction of sp³-hybridized carbons (Fsp3) is 0.500. The van der Waals surface area contributed by atoms with Crippen LogP contribution in [0.3, 0.4) is 0 Å². The number of aliphatic carboxylic acids is 1. The van der Waals surface area contributed by atoms with Gasteiger partial charge in [0, 0.05) is 19.8 Å². The van der Waals surface area contributed by atoms with Gasteiger partial charge in [0.1, 0.15) is 5.69 Å². The quantitative estimate of drug-likeness (QED) is 0.902. The SMILES string of the molecule is CN(CCC(=O)O)C(=O)c1ccc(C(C)(C)C)cn1. The zero-order chi connectivity index (χ0) is 14.6. The van der Waals surface area contributed by atoms with Crippen LogP contribution in [-0.2, 0) is 10.2 Å². The first kappa shape index (κ1) is 15.1. The van der Waals surface area contributed by atoms with Crippen molar-refractivity contribution in [3.63, 3.8) is 0 Å². The molecular weight excluding hydrogens is 244 g/mol. The Balaban J connectivity index is 2.75. The highest BCUT2D eigenvalue weighted by atomic mass is 16.4. The summed E-state index contributed by atoms with van der Waals surface area (Å²) in [4.78, 5) is 28.0. The van der Waals surface area contributed by atoms with Crippen LogP contribution < -0.4 is 0 Å². The molecule has 19 heavy (non-hydrogen) atoms. The van der Waals surface area contributed by atoms with Crippen LogP contribution in [0.1, 0.15) is 43.2 Å². The van der Waals surface area contributed by atoms with Crippen molar-refractivity contribution in [3.05, 3.63) is 29.6 Å². The fourth-order valence-electron chi connectivity index (χ4n) is 1.52. The molecule has 1 rings (SSSR count). The molecule has 0 radical (unpaired) electrons. The van der Waals surface area contributed by atoms with Gasteiger partial charge >= 0.3 is 5.97 Å². The van der Waals surface area contributed by atoms with E-state index in [4.69, 9.17) is 5.11 Å². The van der Waals surface area contributed by atoms with E-state index in [0.29, 0.717) is 5.69 Å². The van der Waals surface area contributed by atoms with Crippen molar-refractivity contribution in [2.45, 2.75) is 32.6 Å². The number of carbonyl (C=O) groups is 2. The molecule has 1 amide bonds. The zero-order valence-electron chi connectivity index (χ0n) is 11.8. The molecule has 0 aliphatic carbocycles. The molecule has 0 unspecified atom stereocenters. The molecule has 0 aliphatic rings. The number of nitrogens with zero attached hydrogens (tertiary/aromatic N) is 2. The molecule has 1 aromatic heterocycles. The lowest BCUT2D eigenvalue weighted by molar-refractivity contribution is -0.137. The average Bonchev–Trinajstić information content (AvgIpc) is 2.34. The van der Waals surface area contributed by atoms with Crippen molar-refractivity contribution >= 4 is 11.9 Å². The number of carbonyl (C=O) groups excluding carboxylic acids is 1. The van der Waals surface area contributed by atoms with Gasteiger partial charge in [0.05, 0.1) is 6.42 Å². The Morgan fingerprint density at radius 1 is 1.32 bits per heavy atom. The van der Waals surface area contributed by atoms with Crippen LogP contribution >= 0.6 is 0 Å². The molecule has 0 saturated carbocycles. The summed E-state index contributed by atoms with van der Waals surface area (Å²) in [7, 11) is 1.57. The molecular formula is C14H20N2O3. The molecule has 0 aliphatic heterocycles. The maximum Gasteiger partial charge on any atom is 0.305 e. The number of hydrogen-bond acceptors (Lipinski definition) is 3. The highest BCUT2D eigenvalue weighted by molar-refractivity contribution is 5.92. The molecule has 5 nitrogen and oxygen atoms in total. The maximum atomic E-state index is 12.0. The molecule has 5 heteroatoms. The minimum Gasteiger partial charge on any atom is -0.481 e. The van der Waals surface area contributed by atoms with Crippen molar-refractivity contribution in [2.24, 2.45) is 0 Å². The van der Waals surface area contributed by atoms with Gasteiger partial charge in [-0.05, 0) is 17.0 Å². The van der Waals surface area contributed by atoms with Gasteiger partial charge in [-0.3, -0.25) is 14.6 Å². The third-order valence-corrected chi connectivity index (χ3v) is 2.86. The van der Waals surface area contributed by atoms with E-state index in [2.05, 4.69) is 25.8 Å². The first-order valence-corrected chi connectivity index (χ1v) is 6.15. The van der Waals surface area contributed by atoms with E-state index in [-0.39, 0.29) is 24.3 Å². The molecule has 0 bridgehead atoms. The normalized spacial score (nSPS) is 11.2. The maximum absolute atomic E-state index is 12.0. The number of carboxylic acid groups (broad SMARTS) is 1. The molecule has 0 spiro atoms. The van der Waals surface area contributed by atoms with Gasteiger partial charge in [0.25, 0.3) is 5.91 Å². The lowest BCUT2D eigenvalue weighted by Crippen LogP contribution is -2.29. The topological polar surface area (TPSA) is 70.5 Å². The predicted molar refractivity (Wildman–Crippen MR) is 72.2 cm³/mol. The third-order valence-electron chi connectivity index (χ3n) is 2.86. The monoisotopic (exact) mass is 264 g/mol. The Morgan fingerprint density at radius 2 is 1.95 bits per heavy atom. The van der Waals surface area contributed by atoms with Gasteiger partial charge in [-0.2, -0.15) is 0 Å². The summed E-state index contributed by atoms with van der Waals surface area (Å²) in [5, 5.41) is 8.59. The minimum absolute atomic E-state index is 0.0101. The van der Waals surface area contributed by atoms with Crippen LogP contribution in [0.25, 0.3) is 0 Å². The number of carboxylic acids is 1. The Bertz CT molecular complexity index is 461. The zero-order valence-corrected chi connectivity index (χ0v) is 11.8. The second-order valence-electron chi connectivity index (χ2n) is 5.55. The van der Waals surface area contributed by atoms with Gasteiger partial charge in [-0.25, -0.2) is 0 Å². The summed E-state index contributed by atoms with van der Waals surface area (Å²) in [5.74, 6) is -1.18. The predicted octanol–water partition coefficient (Wildman–Crippen LogP) is 1.93. The van der Waals surface area contributed by atoms with Crippen molar-refractivity contribution in [3.8, 4) is 0 Å². The number of hydrogen-bond donors (Lipinski definition) is 1. The molecule has 0 fully saturated rings. The first-order valence-electron chi connectivity index (χ1n) is 6.15. The van der Waals surface area contributed by atoms with Crippen LogP contribution in [0, 0.1) is 0 Å². The van der Waals surface area contributed by atoms with Crippen LogP contribution in [-0.4, -0.2) is 40.5 Å². The lowest BCUT2D eigenvalue weighted by atomic mass is 9.88. The van der Waals surface area contributed by atoms with E-state index in [1.54, 1.807) is 19.3 Å². The van der Waals surface area contributed by atoms with E-state index < -0.39 is 5.97 Å². The summed E-state index contributed by atoms with van der Waals surface area (Å²) in [6, 6.07) is 3.56. The number of pyridine rings is 1. The van der Waals surface area contributed by atoms with Gasteiger partial charge in [-0.1, -0.05) is 26.8 Å². The Morgan fingerprint density at radius 3 is 2.37 bits per heavy atom. The lowest BCUT2D eigenvalue weighted by Gasteiger charge is -2.19. The fourth-order valence-corrected chi connectivity index (χ4v) is 1.52. The van der Waals surface area contributed by atoms with Crippen molar-refractivity contribution in [2.75, 3.05) is 13.6 Å². The van der Waals surface area contributed by atoms with Gasteiger partial charge < -0.3 is 10.0 Å². The minimum atomic E-state index is -0.921. The van der Waals surface area contributed by atoms with E-state index >= 15 is 0 Å². The summed E-state index contributed by atoms with van der Waals surface area (Å²) in [6.07, 6.45) is 1.63. The van der Waals surface area contributed by atoms with Gasteiger partial charge in [0.15, 0.2) is 0 Å². The van der Waals surface area contributed by atoms with Crippen LogP contribution in [0.5, 0.6) is 0 Å². The van der Waals surface area contributed by atoms with Gasteiger partial charge in [0.2, 0.25) is 0 Å². The van der Waals surface area contributed by atoms with E-state index in [0.717, 1.165) is 5.56 Å². The van der Waals surface area contributed by atoms with Crippen LogP contribution in [0.4, 0.5) is 0 Å². The van der Waals surface area contributed by atoms with Gasteiger partial charge in [-0.15, -0.1) is 0 Å². The Labute approximate surface area is 113 Å². The van der Waals surface area contributed by atoms with Crippen molar-refractivity contribution < 1.29 is 14.7 Å². The molecule has 0 aromatic carbocycles. The highest BCUT2D eigenvalue weighted by Gasteiger charge is 2.17. The van der Waals surface area contributed by atoms with Crippen molar-refractivity contribution in [1.82, 2.24) is 9.88 Å². The summed E-state index contributed by atoms with van der Waals surface area (Å²) < 4.78 is 0. The second-order valence-corrected chi connectivity index (χ2v) is 5.55. The smallest absolute Gasteiger partial charge is 0.305 e. The summed E-state index contributed by atoms with van der Waals surface area (Å²) in [5.41, 5.74) is 1.38. The van der Waals surface area contributed by atoms with Crippen molar-refractivity contribution in [1.29, 1.82) is 0 Å². The van der Waals surface area contributed by atoms with E-state index in [1.807, 2.05) is 6.07 Å². The second kappa shape index (κ2) is 5.82. The van der Waals surface area contributed by atoms with Crippen LogP contribution in [0.2, 0.25) is 0 Å². The standard InChI is InChI=1S/C14H20N2O3/c1-14(2,3)10-5-6-11(15-9-10)13(19)16(4)8-7-12(17)18/h5-6,9H,7-8H2,1-4H3,(H,17,18). The molecule has 1 heterocycles. The molecule has 1 aromatic rings. The van der Waals surface area contributed by atoms with Crippen LogP contribution in [0.15, 0.2) is 18.3 Å². The first-order chi connectivity index (χ1) is 8.71. The Hall–Kier alpha value is -1.91. The number of aromatic nitrogens is 1. The highest BCUT2D eigenvalue weighted by Crippen LogP contribution is 2.21. The molecule has 1 N–H and O–H groups in total. The molecule has 0 atom stereocenters. The molecule has 0 saturated heterocycles. The number of amides is 1. The molecule has 104 valence electrons. The third kappa shape index (κ3) is 4.35. The Kier molecular flexibility index (Phi) is 4.64. The summed E-state index contributed by atoms with van der Waals surface area (Å²) in [6.45, 7) is 6.40.